The van der Waals surface area contributed by atoms with Gasteiger partial charge in [0.2, 0.25) is 0 Å². The van der Waals surface area contributed by atoms with Gasteiger partial charge in [0.05, 0.1) is 12.8 Å². The first-order valence-electron chi connectivity index (χ1n) is 6.18. The highest BCUT2D eigenvalue weighted by molar-refractivity contribution is 5.88. The summed E-state index contributed by atoms with van der Waals surface area (Å²) >= 11 is 0. The fraction of sp³-hybridized carbons (Fsp3) is 0.615. The molecule has 0 aliphatic rings. The van der Waals surface area contributed by atoms with Crippen molar-refractivity contribution in [2.45, 2.75) is 52.1 Å². The maximum atomic E-state index is 10.9. The van der Waals surface area contributed by atoms with Crippen LogP contribution in [0.1, 0.15) is 55.6 Å². The lowest BCUT2D eigenvalue weighted by Crippen LogP contribution is -2.25. The summed E-state index contributed by atoms with van der Waals surface area (Å²) < 4.78 is 5.16. The Kier molecular flexibility index (Phi) is 5.77. The summed E-state index contributed by atoms with van der Waals surface area (Å²) in [5.74, 6) is -0.436. The third-order valence-electron chi connectivity index (χ3n) is 2.83. The van der Waals surface area contributed by atoms with Gasteiger partial charge in [-0.1, -0.05) is 26.2 Å². The molecule has 4 nitrogen and oxygen atoms in total. The van der Waals surface area contributed by atoms with E-state index in [1.807, 2.05) is 0 Å². The van der Waals surface area contributed by atoms with Crippen LogP contribution in [-0.2, 0) is 6.54 Å². The molecule has 2 N–H and O–H groups in total. The minimum Gasteiger partial charge on any atom is -0.478 e. The Morgan fingerprint density at radius 1 is 1.53 bits per heavy atom. The number of carboxylic acid groups (broad SMARTS) is 1. The van der Waals surface area contributed by atoms with Gasteiger partial charge in [0.25, 0.3) is 0 Å². The third kappa shape index (κ3) is 4.61. The first kappa shape index (κ1) is 13.8. The number of carbonyl (C=O) groups is 1. The lowest BCUT2D eigenvalue weighted by Gasteiger charge is -2.12. The molecule has 1 aromatic heterocycles. The number of aromatic carboxylic acids is 1. The zero-order valence-corrected chi connectivity index (χ0v) is 10.5. The van der Waals surface area contributed by atoms with Crippen molar-refractivity contribution in [1.29, 1.82) is 0 Å². The van der Waals surface area contributed by atoms with E-state index < -0.39 is 5.97 Å². The molecule has 0 aliphatic heterocycles. The number of furan rings is 1. The summed E-state index contributed by atoms with van der Waals surface area (Å²) in [7, 11) is 0. The summed E-state index contributed by atoms with van der Waals surface area (Å²) in [6.45, 7) is 4.76. The quantitative estimate of drug-likeness (QED) is 0.684. The Hall–Kier alpha value is -1.29. The number of carboxylic acids is 1. The van der Waals surface area contributed by atoms with E-state index in [4.69, 9.17) is 9.52 Å². The van der Waals surface area contributed by atoms with Crippen LogP contribution in [0.15, 0.2) is 16.7 Å². The van der Waals surface area contributed by atoms with Crippen LogP contribution in [0.2, 0.25) is 0 Å². The largest absolute Gasteiger partial charge is 0.478 e. The van der Waals surface area contributed by atoms with Crippen LogP contribution in [-0.4, -0.2) is 17.1 Å². The molecule has 0 bridgehead atoms. The molecule has 17 heavy (non-hydrogen) atoms. The Morgan fingerprint density at radius 3 is 2.94 bits per heavy atom. The maximum Gasteiger partial charge on any atom is 0.339 e. The molecule has 0 radical (unpaired) electrons. The molecule has 1 heterocycles. The van der Waals surface area contributed by atoms with Crippen molar-refractivity contribution in [2.24, 2.45) is 0 Å². The molecule has 1 rings (SSSR count). The van der Waals surface area contributed by atoms with Gasteiger partial charge in [-0.15, -0.1) is 0 Å². The zero-order valence-electron chi connectivity index (χ0n) is 10.5. The molecule has 0 fully saturated rings. The summed E-state index contributed by atoms with van der Waals surface area (Å²) in [5.41, 5.74) is 0.248. The molecule has 0 saturated carbocycles. The number of unbranched alkanes of at least 4 members (excludes halogenated alkanes) is 2. The topological polar surface area (TPSA) is 62.5 Å². The van der Waals surface area contributed by atoms with Crippen molar-refractivity contribution >= 4 is 5.97 Å². The third-order valence-corrected chi connectivity index (χ3v) is 2.83. The van der Waals surface area contributed by atoms with Gasteiger partial charge in [-0.2, -0.15) is 0 Å². The fourth-order valence-electron chi connectivity index (χ4n) is 1.74. The van der Waals surface area contributed by atoms with Crippen LogP contribution in [0.3, 0.4) is 0 Å². The lowest BCUT2D eigenvalue weighted by atomic mass is 10.1. The molecule has 96 valence electrons. The number of hydrogen-bond acceptors (Lipinski definition) is 3. The van der Waals surface area contributed by atoms with Gasteiger partial charge in [-0.05, 0) is 19.4 Å². The Labute approximate surface area is 102 Å². The van der Waals surface area contributed by atoms with Crippen molar-refractivity contribution in [1.82, 2.24) is 5.32 Å². The predicted molar refractivity (Wildman–Crippen MR) is 66.1 cm³/mol. The molecular formula is C13H21NO3. The Bertz CT molecular complexity index is 346. The summed E-state index contributed by atoms with van der Waals surface area (Å²) in [6.07, 6.45) is 6.19. The molecular weight excluding hydrogens is 218 g/mol. The highest BCUT2D eigenvalue weighted by Crippen LogP contribution is 2.11. The number of rotatable bonds is 8. The normalized spacial score (nSPS) is 12.6. The molecule has 1 unspecified atom stereocenters. The monoisotopic (exact) mass is 239 g/mol. The molecule has 1 aromatic rings. The minimum absolute atomic E-state index is 0.248. The number of hydrogen-bond donors (Lipinski definition) is 2. The average Bonchev–Trinajstić information content (AvgIpc) is 2.75. The SMILES string of the molecule is CCCCCC(C)NCc1occc1C(=O)O. The van der Waals surface area contributed by atoms with Crippen molar-refractivity contribution in [2.75, 3.05) is 0 Å². The van der Waals surface area contributed by atoms with Crippen molar-refractivity contribution in [3.63, 3.8) is 0 Å². The molecule has 0 aromatic carbocycles. The van der Waals surface area contributed by atoms with Gasteiger partial charge < -0.3 is 14.8 Å². The van der Waals surface area contributed by atoms with E-state index in [1.165, 1.54) is 31.6 Å². The molecule has 4 heteroatoms. The lowest BCUT2D eigenvalue weighted by molar-refractivity contribution is 0.0694. The van der Waals surface area contributed by atoms with Gasteiger partial charge >= 0.3 is 5.97 Å². The van der Waals surface area contributed by atoms with E-state index in [2.05, 4.69) is 19.2 Å². The van der Waals surface area contributed by atoms with Gasteiger partial charge in [-0.25, -0.2) is 4.79 Å². The predicted octanol–water partition coefficient (Wildman–Crippen LogP) is 3.04. The van der Waals surface area contributed by atoms with Gasteiger partial charge in [0, 0.05) is 6.04 Å². The first-order valence-corrected chi connectivity index (χ1v) is 6.18. The average molecular weight is 239 g/mol. The van der Waals surface area contributed by atoms with Crippen LogP contribution in [0.25, 0.3) is 0 Å². The van der Waals surface area contributed by atoms with Gasteiger partial charge in [0.1, 0.15) is 11.3 Å². The van der Waals surface area contributed by atoms with Crippen molar-refractivity contribution in [3.05, 3.63) is 23.7 Å². The van der Waals surface area contributed by atoms with E-state index in [0.717, 1.165) is 6.42 Å². The molecule has 0 amide bonds. The van der Waals surface area contributed by atoms with Crippen LogP contribution >= 0.6 is 0 Å². The van der Waals surface area contributed by atoms with Crippen molar-refractivity contribution < 1.29 is 14.3 Å². The molecule has 0 spiro atoms. The number of nitrogens with one attached hydrogen (secondary N) is 1. The van der Waals surface area contributed by atoms with Crippen LogP contribution < -0.4 is 5.32 Å². The van der Waals surface area contributed by atoms with Crippen LogP contribution in [0, 0.1) is 0 Å². The van der Waals surface area contributed by atoms with Crippen LogP contribution in [0.4, 0.5) is 0 Å². The second kappa shape index (κ2) is 7.12. The van der Waals surface area contributed by atoms with E-state index in [0.29, 0.717) is 18.3 Å². The fourth-order valence-corrected chi connectivity index (χ4v) is 1.74. The minimum atomic E-state index is -0.936. The molecule has 0 aliphatic carbocycles. The Morgan fingerprint density at radius 2 is 2.29 bits per heavy atom. The first-order chi connectivity index (χ1) is 8.15. The standard InChI is InChI=1S/C13H21NO3/c1-3-4-5-6-10(2)14-9-12-11(13(15)16)7-8-17-12/h7-8,10,14H,3-6,9H2,1-2H3,(H,15,16). The second-order valence-electron chi connectivity index (χ2n) is 4.34. The van der Waals surface area contributed by atoms with E-state index >= 15 is 0 Å². The summed E-state index contributed by atoms with van der Waals surface area (Å²) in [4.78, 5) is 10.9. The maximum absolute atomic E-state index is 10.9. The Balaban J connectivity index is 2.34. The molecule has 0 saturated heterocycles. The van der Waals surface area contributed by atoms with Crippen molar-refractivity contribution in [3.8, 4) is 0 Å². The van der Waals surface area contributed by atoms with E-state index in [1.54, 1.807) is 0 Å². The summed E-state index contributed by atoms with van der Waals surface area (Å²) in [6, 6.07) is 1.87. The highest BCUT2D eigenvalue weighted by atomic mass is 16.4. The van der Waals surface area contributed by atoms with Crippen LogP contribution in [0.5, 0.6) is 0 Å². The highest BCUT2D eigenvalue weighted by Gasteiger charge is 2.13. The zero-order chi connectivity index (χ0) is 12.7. The van der Waals surface area contributed by atoms with Gasteiger partial charge in [-0.3, -0.25) is 0 Å². The summed E-state index contributed by atoms with van der Waals surface area (Å²) in [5, 5.41) is 12.2. The van der Waals surface area contributed by atoms with E-state index in [-0.39, 0.29) is 5.56 Å². The van der Waals surface area contributed by atoms with Gasteiger partial charge in [0.15, 0.2) is 0 Å². The molecule has 1 atom stereocenters. The smallest absolute Gasteiger partial charge is 0.339 e. The van der Waals surface area contributed by atoms with E-state index in [9.17, 15) is 4.79 Å². The second-order valence-corrected chi connectivity index (χ2v) is 4.34.